The van der Waals surface area contributed by atoms with Crippen LogP contribution in [0.2, 0.25) is 0 Å². The Kier molecular flexibility index (Phi) is 7.59. The first kappa shape index (κ1) is 17.0. The summed E-state index contributed by atoms with van der Waals surface area (Å²) in [5, 5.41) is 2.83. The van der Waals surface area contributed by atoms with Crippen molar-refractivity contribution in [3.63, 3.8) is 0 Å². The Morgan fingerprint density at radius 2 is 1.95 bits per heavy atom. The molecule has 0 aromatic carbocycles. The lowest BCUT2D eigenvalue weighted by molar-refractivity contribution is -0.132. The van der Waals surface area contributed by atoms with Gasteiger partial charge in [0.2, 0.25) is 11.8 Å². The summed E-state index contributed by atoms with van der Waals surface area (Å²) in [5.41, 5.74) is 5.89. The van der Waals surface area contributed by atoms with Crippen LogP contribution in [0.3, 0.4) is 0 Å². The van der Waals surface area contributed by atoms with Crippen LogP contribution < -0.4 is 11.1 Å². The van der Waals surface area contributed by atoms with E-state index in [0.717, 1.165) is 38.9 Å². The molecule has 0 spiro atoms. The second-order valence-electron chi connectivity index (χ2n) is 5.78. The maximum atomic E-state index is 12.0. The maximum Gasteiger partial charge on any atom is 0.222 e. The van der Waals surface area contributed by atoms with Gasteiger partial charge in [-0.15, -0.1) is 0 Å². The molecule has 1 aliphatic heterocycles. The third-order valence-electron chi connectivity index (χ3n) is 4.00. The number of hydrogen-bond acceptors (Lipinski definition) is 3. The number of hydrogen-bond donors (Lipinski definition) is 2. The highest BCUT2D eigenvalue weighted by molar-refractivity contribution is 5.79. The van der Waals surface area contributed by atoms with Gasteiger partial charge in [-0.2, -0.15) is 0 Å². The summed E-state index contributed by atoms with van der Waals surface area (Å²) in [5.74, 6) is 0.769. The minimum Gasteiger partial charge on any atom is -0.356 e. The van der Waals surface area contributed by atoms with E-state index in [2.05, 4.69) is 5.32 Å². The number of rotatable bonds is 7. The predicted molar refractivity (Wildman–Crippen MR) is 80.1 cm³/mol. The molecule has 1 rings (SSSR count). The molecule has 0 aliphatic carbocycles. The fourth-order valence-electron chi connectivity index (χ4n) is 2.59. The van der Waals surface area contributed by atoms with Gasteiger partial charge in [-0.05, 0) is 38.5 Å². The van der Waals surface area contributed by atoms with Crippen molar-refractivity contribution in [1.82, 2.24) is 10.2 Å². The van der Waals surface area contributed by atoms with Crippen molar-refractivity contribution >= 4 is 11.8 Å². The predicted octanol–water partition coefficient (Wildman–Crippen LogP) is 1.27. The number of nitrogens with one attached hydrogen (secondary N) is 1. The summed E-state index contributed by atoms with van der Waals surface area (Å²) in [4.78, 5) is 25.4. The van der Waals surface area contributed by atoms with Crippen LogP contribution in [-0.2, 0) is 9.59 Å². The van der Waals surface area contributed by atoms with E-state index in [1.807, 2.05) is 18.7 Å². The molecule has 0 saturated carbocycles. The zero-order valence-electron chi connectivity index (χ0n) is 12.9. The number of amides is 2. The number of likely N-dealkylation sites (tertiary alicyclic amines) is 1. The monoisotopic (exact) mass is 283 g/mol. The van der Waals surface area contributed by atoms with Crippen LogP contribution in [0.25, 0.3) is 0 Å². The van der Waals surface area contributed by atoms with Crippen molar-refractivity contribution in [3.8, 4) is 0 Å². The van der Waals surface area contributed by atoms with E-state index < -0.39 is 0 Å². The average molecular weight is 283 g/mol. The Hall–Kier alpha value is -1.10. The van der Waals surface area contributed by atoms with E-state index in [4.69, 9.17) is 5.73 Å². The molecule has 1 heterocycles. The van der Waals surface area contributed by atoms with E-state index in [-0.39, 0.29) is 17.9 Å². The average Bonchev–Trinajstić information content (AvgIpc) is 2.45. The van der Waals surface area contributed by atoms with Gasteiger partial charge in [0.15, 0.2) is 0 Å². The molecule has 1 fully saturated rings. The molecule has 116 valence electrons. The molecule has 5 nitrogen and oxygen atoms in total. The Morgan fingerprint density at radius 1 is 1.30 bits per heavy atom. The van der Waals surface area contributed by atoms with Crippen LogP contribution in [0.1, 0.15) is 52.4 Å². The smallest absolute Gasteiger partial charge is 0.222 e. The van der Waals surface area contributed by atoms with Gasteiger partial charge < -0.3 is 16.0 Å². The zero-order chi connectivity index (χ0) is 15.0. The molecule has 3 N–H and O–H groups in total. The lowest BCUT2D eigenvalue weighted by atomic mass is 9.91. The number of nitrogens with two attached hydrogens (primary N) is 1. The first-order valence-electron chi connectivity index (χ1n) is 7.84. The van der Waals surface area contributed by atoms with Crippen molar-refractivity contribution in [2.75, 3.05) is 19.6 Å². The van der Waals surface area contributed by atoms with Crippen LogP contribution in [0, 0.1) is 5.92 Å². The van der Waals surface area contributed by atoms with Crippen molar-refractivity contribution in [2.24, 2.45) is 11.7 Å². The minimum absolute atomic E-state index is 0.0512. The first-order valence-corrected chi connectivity index (χ1v) is 7.84. The SMILES string of the molecule is CCCNC(=O)CCCC(=O)N1CCC(C(C)N)CC1. The summed E-state index contributed by atoms with van der Waals surface area (Å²) in [6.07, 6.45) is 4.51. The van der Waals surface area contributed by atoms with Crippen molar-refractivity contribution in [3.05, 3.63) is 0 Å². The Bertz CT molecular complexity index is 310. The molecule has 0 radical (unpaired) electrons. The molecular formula is C15H29N3O2. The lowest BCUT2D eigenvalue weighted by Gasteiger charge is -2.33. The van der Waals surface area contributed by atoms with E-state index >= 15 is 0 Å². The molecule has 0 bridgehead atoms. The third kappa shape index (κ3) is 5.90. The summed E-state index contributed by atoms with van der Waals surface area (Å²) in [6.45, 7) is 6.41. The second-order valence-corrected chi connectivity index (χ2v) is 5.78. The van der Waals surface area contributed by atoms with Gasteiger partial charge in [-0.3, -0.25) is 9.59 Å². The molecule has 0 aromatic heterocycles. The second kappa shape index (κ2) is 8.95. The maximum absolute atomic E-state index is 12.0. The third-order valence-corrected chi connectivity index (χ3v) is 4.00. The lowest BCUT2D eigenvalue weighted by Crippen LogP contribution is -2.42. The zero-order valence-corrected chi connectivity index (χ0v) is 12.9. The molecule has 1 aliphatic rings. The number of nitrogens with zero attached hydrogens (tertiary/aromatic N) is 1. The molecule has 0 aromatic rings. The summed E-state index contributed by atoms with van der Waals surface area (Å²) >= 11 is 0. The van der Waals surface area contributed by atoms with Crippen LogP contribution in [0.15, 0.2) is 0 Å². The molecule has 1 unspecified atom stereocenters. The van der Waals surface area contributed by atoms with Gasteiger partial charge in [-0.1, -0.05) is 6.92 Å². The quantitative estimate of drug-likeness (QED) is 0.739. The molecule has 2 amide bonds. The minimum atomic E-state index is 0.0512. The molecule has 20 heavy (non-hydrogen) atoms. The van der Waals surface area contributed by atoms with Crippen molar-refractivity contribution in [2.45, 2.75) is 58.4 Å². The van der Waals surface area contributed by atoms with E-state index in [9.17, 15) is 9.59 Å². The number of carbonyl (C=O) groups excluding carboxylic acids is 2. The van der Waals surface area contributed by atoms with Crippen LogP contribution in [0.4, 0.5) is 0 Å². The number of piperidine rings is 1. The van der Waals surface area contributed by atoms with Gasteiger partial charge in [-0.25, -0.2) is 0 Å². The molecule has 1 saturated heterocycles. The van der Waals surface area contributed by atoms with E-state index in [0.29, 0.717) is 25.2 Å². The van der Waals surface area contributed by atoms with E-state index in [1.54, 1.807) is 0 Å². The highest BCUT2D eigenvalue weighted by atomic mass is 16.2. The van der Waals surface area contributed by atoms with Gasteiger partial charge in [0.25, 0.3) is 0 Å². The van der Waals surface area contributed by atoms with Gasteiger partial charge in [0.1, 0.15) is 0 Å². The topological polar surface area (TPSA) is 75.4 Å². The van der Waals surface area contributed by atoms with Crippen molar-refractivity contribution in [1.29, 1.82) is 0 Å². The van der Waals surface area contributed by atoms with Crippen LogP contribution in [0.5, 0.6) is 0 Å². The molecule has 5 heteroatoms. The van der Waals surface area contributed by atoms with Gasteiger partial charge in [0.05, 0.1) is 0 Å². The Morgan fingerprint density at radius 3 is 2.50 bits per heavy atom. The fourth-order valence-corrected chi connectivity index (χ4v) is 2.59. The first-order chi connectivity index (χ1) is 9.54. The van der Waals surface area contributed by atoms with Crippen LogP contribution >= 0.6 is 0 Å². The fraction of sp³-hybridized carbons (Fsp3) is 0.867. The molecular weight excluding hydrogens is 254 g/mol. The standard InChI is InChI=1S/C15H29N3O2/c1-3-9-17-14(19)5-4-6-15(20)18-10-7-13(8-11-18)12(2)16/h12-13H,3-11,16H2,1-2H3,(H,17,19). The van der Waals surface area contributed by atoms with Gasteiger partial charge >= 0.3 is 0 Å². The van der Waals surface area contributed by atoms with Crippen LogP contribution in [-0.4, -0.2) is 42.4 Å². The summed E-state index contributed by atoms with van der Waals surface area (Å²) < 4.78 is 0. The summed E-state index contributed by atoms with van der Waals surface area (Å²) in [7, 11) is 0. The highest BCUT2D eigenvalue weighted by Crippen LogP contribution is 2.20. The number of carbonyl (C=O) groups is 2. The van der Waals surface area contributed by atoms with E-state index in [1.165, 1.54) is 0 Å². The normalized spacial score (nSPS) is 17.9. The van der Waals surface area contributed by atoms with Crippen molar-refractivity contribution < 1.29 is 9.59 Å². The van der Waals surface area contributed by atoms with Gasteiger partial charge in [0, 0.05) is 38.5 Å². The summed E-state index contributed by atoms with van der Waals surface area (Å²) in [6, 6.07) is 0.217. The Labute approximate surface area is 122 Å². The molecule has 1 atom stereocenters. The highest BCUT2D eigenvalue weighted by Gasteiger charge is 2.24. The largest absolute Gasteiger partial charge is 0.356 e. The Balaban J connectivity index is 2.16.